The Labute approximate surface area is 164 Å². The topological polar surface area (TPSA) is 77.4 Å². The summed E-state index contributed by atoms with van der Waals surface area (Å²) in [6.07, 6.45) is 1.50. The maximum atomic E-state index is 12.5. The van der Waals surface area contributed by atoms with Gasteiger partial charge >= 0.3 is 5.97 Å². The molecule has 138 valence electrons. The van der Waals surface area contributed by atoms with E-state index in [9.17, 15) is 14.4 Å². The summed E-state index contributed by atoms with van der Waals surface area (Å²) in [5.74, 6) is -1.07. The Kier molecular flexibility index (Phi) is 5.43. The minimum Gasteiger partial charge on any atom is -0.465 e. The number of nitrogens with zero attached hydrogens (tertiary/aromatic N) is 1. The van der Waals surface area contributed by atoms with E-state index in [0.29, 0.717) is 15.6 Å². The van der Waals surface area contributed by atoms with E-state index in [1.165, 1.54) is 30.0 Å². The number of hydrogen-bond donors (Lipinski definition) is 1. The number of aromatic nitrogens is 1. The van der Waals surface area contributed by atoms with Gasteiger partial charge in [0.25, 0.3) is 11.5 Å². The number of pyridine rings is 1. The number of esters is 1. The zero-order valence-corrected chi connectivity index (χ0v) is 16.1. The Balaban J connectivity index is 1.99. The van der Waals surface area contributed by atoms with Crippen LogP contribution in [0, 0.1) is 0 Å². The van der Waals surface area contributed by atoms with Gasteiger partial charge in [-0.3, -0.25) is 9.59 Å². The number of aryl methyl sites for hydroxylation is 1. The van der Waals surface area contributed by atoms with Gasteiger partial charge in [0.05, 0.1) is 12.8 Å². The summed E-state index contributed by atoms with van der Waals surface area (Å²) >= 11 is 7.40. The normalized spacial score (nSPS) is 10.5. The molecule has 0 radical (unpaired) electrons. The number of nitrogens with one attached hydrogen (secondary N) is 1. The lowest BCUT2D eigenvalue weighted by molar-refractivity contribution is 0.0607. The van der Waals surface area contributed by atoms with Crippen molar-refractivity contribution >= 4 is 40.5 Å². The van der Waals surface area contributed by atoms with Crippen molar-refractivity contribution in [3.63, 3.8) is 0 Å². The monoisotopic (exact) mass is 402 g/mol. The van der Waals surface area contributed by atoms with Crippen LogP contribution in [0.5, 0.6) is 0 Å². The Morgan fingerprint density at radius 3 is 2.59 bits per heavy atom. The fourth-order valence-corrected chi connectivity index (χ4v) is 3.77. The molecule has 0 fully saturated rings. The van der Waals surface area contributed by atoms with Crippen molar-refractivity contribution in [1.29, 1.82) is 0 Å². The van der Waals surface area contributed by atoms with Gasteiger partial charge < -0.3 is 14.6 Å². The molecule has 0 unspecified atom stereocenters. The first-order chi connectivity index (χ1) is 12.9. The molecule has 1 N–H and O–H groups in total. The van der Waals surface area contributed by atoms with Crippen LogP contribution in [0.15, 0.2) is 53.5 Å². The van der Waals surface area contributed by atoms with E-state index in [1.807, 2.05) is 12.1 Å². The van der Waals surface area contributed by atoms with Crippen molar-refractivity contribution in [1.82, 2.24) is 4.57 Å². The molecule has 0 aliphatic carbocycles. The minimum atomic E-state index is -0.572. The lowest BCUT2D eigenvalue weighted by Crippen LogP contribution is -2.20. The summed E-state index contributed by atoms with van der Waals surface area (Å²) in [7, 11) is 2.86. The number of thiophene rings is 1. The summed E-state index contributed by atoms with van der Waals surface area (Å²) in [6, 6.07) is 11.6. The number of carbonyl (C=O) groups is 2. The Bertz CT molecular complexity index is 1090. The average Bonchev–Trinajstić information content (AvgIpc) is 3.07. The third-order valence-electron chi connectivity index (χ3n) is 3.86. The van der Waals surface area contributed by atoms with Gasteiger partial charge in [0, 0.05) is 40.3 Å². The summed E-state index contributed by atoms with van der Waals surface area (Å²) in [4.78, 5) is 37.3. The van der Waals surface area contributed by atoms with Crippen molar-refractivity contribution in [3.8, 4) is 10.4 Å². The summed E-state index contributed by atoms with van der Waals surface area (Å²) in [5, 5.41) is 3.21. The molecule has 0 aliphatic rings. The van der Waals surface area contributed by atoms with Crippen LogP contribution < -0.4 is 10.9 Å². The van der Waals surface area contributed by atoms with Crippen molar-refractivity contribution in [2.75, 3.05) is 12.4 Å². The predicted octanol–water partition coefficient (Wildman–Crippen LogP) is 3.81. The fourth-order valence-electron chi connectivity index (χ4n) is 2.41. The average molecular weight is 403 g/mol. The molecular formula is C19H15ClN2O4S. The highest BCUT2D eigenvalue weighted by Crippen LogP contribution is 2.38. The van der Waals surface area contributed by atoms with Gasteiger partial charge in [0.1, 0.15) is 4.88 Å². The van der Waals surface area contributed by atoms with E-state index in [1.54, 1.807) is 25.2 Å². The van der Waals surface area contributed by atoms with Crippen LogP contribution in [-0.2, 0) is 11.8 Å². The van der Waals surface area contributed by atoms with Gasteiger partial charge in [0.15, 0.2) is 0 Å². The molecule has 2 heterocycles. The number of benzene rings is 1. The number of methoxy groups -OCH3 is 1. The molecule has 3 aromatic rings. The van der Waals surface area contributed by atoms with E-state index >= 15 is 0 Å². The molecule has 0 saturated carbocycles. The number of rotatable bonds is 4. The van der Waals surface area contributed by atoms with Crippen LogP contribution in [0.1, 0.15) is 20.0 Å². The van der Waals surface area contributed by atoms with Crippen LogP contribution >= 0.6 is 22.9 Å². The first kappa shape index (κ1) is 18.9. The van der Waals surface area contributed by atoms with Gasteiger partial charge in [-0.25, -0.2) is 4.79 Å². The molecule has 27 heavy (non-hydrogen) atoms. The number of ether oxygens (including phenoxy) is 1. The molecule has 2 aromatic heterocycles. The Morgan fingerprint density at radius 1 is 1.19 bits per heavy atom. The maximum Gasteiger partial charge on any atom is 0.350 e. The van der Waals surface area contributed by atoms with E-state index in [-0.39, 0.29) is 16.0 Å². The second kappa shape index (κ2) is 7.77. The Morgan fingerprint density at radius 2 is 1.93 bits per heavy atom. The van der Waals surface area contributed by atoms with Crippen LogP contribution in [0.25, 0.3) is 10.4 Å². The standard InChI is InChI=1S/C19H15ClN2O4S/c1-22-8-7-11(9-16(22)23)18(24)21-14-10-15(27-17(14)19(25)26-2)12-5-3-4-6-13(12)20/h3-10H,1-2H3,(H,21,24). The highest BCUT2D eigenvalue weighted by atomic mass is 35.5. The molecule has 3 rings (SSSR count). The molecule has 8 heteroatoms. The fraction of sp³-hybridized carbons (Fsp3) is 0.105. The minimum absolute atomic E-state index is 0.194. The zero-order chi connectivity index (χ0) is 19.6. The highest BCUT2D eigenvalue weighted by molar-refractivity contribution is 7.18. The zero-order valence-electron chi connectivity index (χ0n) is 14.5. The second-order valence-corrected chi connectivity index (χ2v) is 7.10. The summed E-state index contributed by atoms with van der Waals surface area (Å²) in [6.45, 7) is 0. The number of carbonyl (C=O) groups excluding carboxylic acids is 2. The lowest BCUT2D eigenvalue weighted by atomic mass is 10.2. The Hall–Kier alpha value is -2.90. The highest BCUT2D eigenvalue weighted by Gasteiger charge is 2.21. The SMILES string of the molecule is COC(=O)c1sc(-c2ccccc2Cl)cc1NC(=O)c1ccn(C)c(=O)c1. The van der Waals surface area contributed by atoms with Gasteiger partial charge in [-0.15, -0.1) is 11.3 Å². The van der Waals surface area contributed by atoms with Crippen molar-refractivity contribution in [3.05, 3.63) is 74.5 Å². The van der Waals surface area contributed by atoms with E-state index in [4.69, 9.17) is 16.3 Å². The molecule has 0 bridgehead atoms. The van der Waals surface area contributed by atoms with E-state index < -0.39 is 11.9 Å². The van der Waals surface area contributed by atoms with Crippen LogP contribution in [-0.4, -0.2) is 23.6 Å². The first-order valence-electron chi connectivity index (χ1n) is 7.86. The maximum absolute atomic E-state index is 12.5. The second-order valence-electron chi connectivity index (χ2n) is 5.64. The van der Waals surface area contributed by atoms with Gasteiger partial charge in [0.2, 0.25) is 0 Å². The number of anilines is 1. The first-order valence-corrected chi connectivity index (χ1v) is 9.05. The van der Waals surface area contributed by atoms with Crippen LogP contribution in [0.2, 0.25) is 5.02 Å². The number of hydrogen-bond acceptors (Lipinski definition) is 5. The van der Waals surface area contributed by atoms with Gasteiger partial charge in [-0.2, -0.15) is 0 Å². The molecule has 1 aromatic carbocycles. The van der Waals surface area contributed by atoms with Crippen LogP contribution in [0.4, 0.5) is 5.69 Å². The largest absolute Gasteiger partial charge is 0.465 e. The van der Waals surface area contributed by atoms with Gasteiger partial charge in [-0.05, 0) is 18.2 Å². The molecule has 0 spiro atoms. The molecule has 0 aliphatic heterocycles. The predicted molar refractivity (Wildman–Crippen MR) is 106 cm³/mol. The molecular weight excluding hydrogens is 388 g/mol. The van der Waals surface area contributed by atoms with Crippen LogP contribution in [0.3, 0.4) is 0 Å². The quantitative estimate of drug-likeness (QED) is 0.673. The van der Waals surface area contributed by atoms with Crippen molar-refractivity contribution < 1.29 is 14.3 Å². The van der Waals surface area contributed by atoms with Crippen molar-refractivity contribution in [2.45, 2.75) is 0 Å². The number of amides is 1. The molecule has 6 nitrogen and oxygen atoms in total. The van der Waals surface area contributed by atoms with Gasteiger partial charge in [-0.1, -0.05) is 29.8 Å². The van der Waals surface area contributed by atoms with E-state index in [2.05, 4.69) is 5.32 Å². The lowest BCUT2D eigenvalue weighted by Gasteiger charge is -2.06. The molecule has 1 amide bonds. The molecule has 0 atom stereocenters. The summed E-state index contributed by atoms with van der Waals surface area (Å²) < 4.78 is 6.17. The summed E-state index contributed by atoms with van der Waals surface area (Å²) in [5.41, 5.74) is 0.924. The third kappa shape index (κ3) is 3.94. The van der Waals surface area contributed by atoms with Crippen molar-refractivity contribution in [2.24, 2.45) is 7.05 Å². The van der Waals surface area contributed by atoms with E-state index in [0.717, 1.165) is 16.9 Å². The molecule has 0 saturated heterocycles. The smallest absolute Gasteiger partial charge is 0.350 e. The number of halogens is 1. The third-order valence-corrected chi connectivity index (χ3v) is 5.33.